The van der Waals surface area contributed by atoms with Crippen molar-refractivity contribution in [1.29, 1.82) is 0 Å². The van der Waals surface area contributed by atoms with Crippen molar-refractivity contribution in [1.82, 2.24) is 0 Å². The fraction of sp³-hybridized carbons (Fsp3) is 0.0345. The van der Waals surface area contributed by atoms with Crippen LogP contribution in [0.3, 0.4) is 0 Å². The first kappa shape index (κ1) is 20.1. The van der Waals surface area contributed by atoms with Gasteiger partial charge in [-0.05, 0) is 0 Å². The van der Waals surface area contributed by atoms with E-state index in [2.05, 4.69) is 103 Å². The standard InChI is InChI=1S/C11H8F.3C6H5.Pb/c1-8-6-9-4-2-3-5-10(9)7-11(8)12;3*1-2-4-6-5-3-1;/h2-7H,1H2;3*1-5H;. The SMILES string of the molecule is Fc1cc2ccccc2cc1[CH2][Pb]([c]1ccccc1)([c]1ccccc1)[c]1ccccc1. The number of rotatable bonds is 5. The summed E-state index contributed by atoms with van der Waals surface area (Å²) in [5, 5.41) is 2.04. The van der Waals surface area contributed by atoms with Gasteiger partial charge in [0.2, 0.25) is 0 Å². The van der Waals surface area contributed by atoms with E-state index in [9.17, 15) is 0 Å². The van der Waals surface area contributed by atoms with Crippen molar-refractivity contribution in [3.05, 3.63) is 139 Å². The molecule has 0 unspecified atom stereocenters. The van der Waals surface area contributed by atoms with Gasteiger partial charge in [-0.15, -0.1) is 0 Å². The Hall–Kier alpha value is -2.79. The molecule has 0 radical (unpaired) electrons. The molecule has 5 aromatic rings. The average molecular weight is 598 g/mol. The maximum absolute atomic E-state index is 15.4. The fourth-order valence-corrected chi connectivity index (χ4v) is 23.1. The van der Waals surface area contributed by atoms with Gasteiger partial charge < -0.3 is 0 Å². The van der Waals surface area contributed by atoms with E-state index in [1.54, 1.807) is 6.07 Å². The predicted molar refractivity (Wildman–Crippen MR) is 132 cm³/mol. The van der Waals surface area contributed by atoms with Gasteiger partial charge in [-0.2, -0.15) is 0 Å². The van der Waals surface area contributed by atoms with Crippen LogP contribution in [0.25, 0.3) is 10.8 Å². The Kier molecular flexibility index (Phi) is 5.69. The molecule has 0 bridgehead atoms. The molecule has 0 N–H and O–H groups in total. The maximum atomic E-state index is 15.4. The molecule has 0 aromatic heterocycles. The van der Waals surface area contributed by atoms with E-state index < -0.39 is 21.2 Å². The van der Waals surface area contributed by atoms with Crippen LogP contribution in [0.1, 0.15) is 5.56 Å². The first-order valence-electron chi connectivity index (χ1n) is 10.6. The molecule has 0 spiro atoms. The van der Waals surface area contributed by atoms with Gasteiger partial charge in [0.05, 0.1) is 0 Å². The Balaban J connectivity index is 1.79. The molecule has 0 saturated heterocycles. The predicted octanol–water partition coefficient (Wildman–Crippen LogP) is 5.23. The topological polar surface area (TPSA) is 0 Å². The molecule has 0 aliphatic carbocycles. The molecule has 0 saturated carbocycles. The van der Waals surface area contributed by atoms with Gasteiger partial charge in [-0.1, -0.05) is 0 Å². The molecule has 5 aromatic carbocycles. The summed E-state index contributed by atoms with van der Waals surface area (Å²) in [5.41, 5.74) is 0.817. The molecule has 0 heterocycles. The van der Waals surface area contributed by atoms with Crippen LogP contribution in [-0.4, -0.2) is 21.2 Å². The number of hydrogen-bond acceptors (Lipinski definition) is 0. The Morgan fingerprint density at radius 3 is 1.32 bits per heavy atom. The molecular weight excluding hydrogens is 575 g/mol. The summed E-state index contributed by atoms with van der Waals surface area (Å²) in [6, 6.07) is 44.2. The van der Waals surface area contributed by atoms with Crippen LogP contribution < -0.4 is 9.37 Å². The summed E-state index contributed by atoms with van der Waals surface area (Å²) < 4.78 is 20.3. The minimum atomic E-state index is -3.73. The summed E-state index contributed by atoms with van der Waals surface area (Å²) in [6.45, 7) is 0. The van der Waals surface area contributed by atoms with E-state index >= 15 is 4.39 Å². The Bertz CT molecular complexity index is 1200. The third-order valence-electron chi connectivity index (χ3n) is 6.17. The van der Waals surface area contributed by atoms with E-state index in [1.165, 1.54) is 9.37 Å². The van der Waals surface area contributed by atoms with Gasteiger partial charge >= 0.3 is 188 Å². The normalized spacial score (nSPS) is 11.5. The summed E-state index contributed by atoms with van der Waals surface area (Å²) >= 11 is -3.73. The monoisotopic (exact) mass is 598 g/mol. The third-order valence-corrected chi connectivity index (χ3v) is 25.1. The van der Waals surface area contributed by atoms with Crippen LogP contribution in [-0.2, 0) is 3.98 Å². The second kappa shape index (κ2) is 8.75. The third kappa shape index (κ3) is 3.83. The second-order valence-corrected chi connectivity index (χ2v) is 23.1. The van der Waals surface area contributed by atoms with Crippen molar-refractivity contribution in [3.63, 3.8) is 0 Å². The van der Waals surface area contributed by atoms with Gasteiger partial charge in [0, 0.05) is 0 Å². The molecule has 0 fully saturated rings. The van der Waals surface area contributed by atoms with Crippen molar-refractivity contribution in [2.45, 2.75) is 3.98 Å². The zero-order valence-electron chi connectivity index (χ0n) is 17.2. The molecule has 0 nitrogen and oxygen atoms in total. The van der Waals surface area contributed by atoms with Gasteiger partial charge in [-0.25, -0.2) is 0 Å². The number of halogens is 1. The van der Waals surface area contributed by atoms with E-state index in [1.807, 2.05) is 18.2 Å². The van der Waals surface area contributed by atoms with Crippen LogP contribution in [0, 0.1) is 5.82 Å². The van der Waals surface area contributed by atoms with E-state index in [4.69, 9.17) is 0 Å². The van der Waals surface area contributed by atoms with E-state index in [0.29, 0.717) is 0 Å². The summed E-state index contributed by atoms with van der Waals surface area (Å²) in [4.78, 5) is 0. The Morgan fingerprint density at radius 1 is 0.484 bits per heavy atom. The number of benzene rings is 5. The molecule has 0 atom stereocenters. The van der Waals surface area contributed by atoms with Crippen LogP contribution in [0.15, 0.2) is 127 Å². The molecule has 0 amide bonds. The first-order chi connectivity index (χ1) is 15.3. The van der Waals surface area contributed by atoms with Gasteiger partial charge in [0.15, 0.2) is 0 Å². The zero-order chi connectivity index (χ0) is 21.1. The molecule has 0 aliphatic rings. The van der Waals surface area contributed by atoms with Gasteiger partial charge in [0.1, 0.15) is 0 Å². The molecule has 150 valence electrons. The number of fused-ring (bicyclic) bond motifs is 1. The van der Waals surface area contributed by atoms with Crippen molar-refractivity contribution >= 4 is 41.3 Å². The van der Waals surface area contributed by atoms with Crippen LogP contribution >= 0.6 is 0 Å². The molecular formula is C29H23FPb. The van der Waals surface area contributed by atoms with Crippen molar-refractivity contribution in [2.75, 3.05) is 0 Å². The molecule has 0 aliphatic heterocycles. The van der Waals surface area contributed by atoms with Crippen molar-refractivity contribution < 1.29 is 4.39 Å². The summed E-state index contributed by atoms with van der Waals surface area (Å²) in [5.74, 6) is -0.106. The minimum absolute atomic E-state index is 0.106. The Morgan fingerprint density at radius 2 is 0.871 bits per heavy atom. The van der Waals surface area contributed by atoms with Gasteiger partial charge in [-0.3, -0.25) is 0 Å². The van der Waals surface area contributed by atoms with Crippen molar-refractivity contribution in [3.8, 4) is 0 Å². The van der Waals surface area contributed by atoms with Crippen LogP contribution in [0.4, 0.5) is 4.39 Å². The molecule has 31 heavy (non-hydrogen) atoms. The average Bonchev–Trinajstić information content (AvgIpc) is 2.84. The summed E-state index contributed by atoms with van der Waals surface area (Å²) in [6.07, 6.45) is 0. The number of hydrogen-bond donors (Lipinski definition) is 0. The van der Waals surface area contributed by atoms with Gasteiger partial charge in [0.25, 0.3) is 0 Å². The molecule has 5 rings (SSSR count). The zero-order valence-corrected chi connectivity index (χ0v) is 21.1. The fourth-order valence-electron chi connectivity index (χ4n) is 4.66. The quantitative estimate of drug-likeness (QED) is 0.244. The van der Waals surface area contributed by atoms with Crippen molar-refractivity contribution in [2.24, 2.45) is 0 Å². The second-order valence-electron chi connectivity index (χ2n) is 7.97. The van der Waals surface area contributed by atoms with Crippen LogP contribution in [0.5, 0.6) is 0 Å². The Labute approximate surface area is 187 Å². The van der Waals surface area contributed by atoms with E-state index in [-0.39, 0.29) is 5.82 Å². The first-order valence-corrected chi connectivity index (χ1v) is 19.2. The summed E-state index contributed by atoms with van der Waals surface area (Å²) in [7, 11) is 0. The van der Waals surface area contributed by atoms with Crippen LogP contribution in [0.2, 0.25) is 0 Å². The van der Waals surface area contributed by atoms with E-state index in [0.717, 1.165) is 20.3 Å². The molecule has 2 heteroatoms.